The summed E-state index contributed by atoms with van der Waals surface area (Å²) in [5.41, 5.74) is 1.35. The van der Waals surface area contributed by atoms with E-state index < -0.39 is 0 Å². The van der Waals surface area contributed by atoms with Gasteiger partial charge in [0.05, 0.1) is 0 Å². The number of benzene rings is 2. The Bertz CT molecular complexity index is 492. The van der Waals surface area contributed by atoms with Crippen LogP contribution in [0.4, 0.5) is 0 Å². The van der Waals surface area contributed by atoms with E-state index in [0.29, 0.717) is 11.8 Å². The molecule has 0 radical (unpaired) electrons. The number of para-hydroxylation sites is 1. The summed E-state index contributed by atoms with van der Waals surface area (Å²) in [5, 5.41) is 1.02. The van der Waals surface area contributed by atoms with Crippen molar-refractivity contribution >= 4 is 15.9 Å². The fraction of sp³-hybridized carbons (Fsp3) is 0.294. The quantitative estimate of drug-likeness (QED) is 0.651. The van der Waals surface area contributed by atoms with Gasteiger partial charge in [0.2, 0.25) is 0 Å². The van der Waals surface area contributed by atoms with Crippen LogP contribution in [0.5, 0.6) is 11.5 Å². The minimum Gasteiger partial charge on any atom is -0.457 e. The Morgan fingerprint density at radius 1 is 0.895 bits per heavy atom. The number of halogens is 1. The highest BCUT2D eigenvalue weighted by molar-refractivity contribution is 9.09. The topological polar surface area (TPSA) is 9.23 Å². The molecule has 0 amide bonds. The molecule has 2 heteroatoms. The average Bonchev–Trinajstić information content (AvgIpc) is 2.47. The lowest BCUT2D eigenvalue weighted by Gasteiger charge is -2.18. The minimum atomic E-state index is 0.546. The Balaban J connectivity index is 2.06. The van der Waals surface area contributed by atoms with E-state index >= 15 is 0 Å². The zero-order valence-electron chi connectivity index (χ0n) is 11.3. The lowest BCUT2D eigenvalue weighted by Crippen LogP contribution is -2.07. The van der Waals surface area contributed by atoms with E-state index in [1.54, 1.807) is 0 Å². The van der Waals surface area contributed by atoms with Crippen molar-refractivity contribution in [2.45, 2.75) is 19.8 Å². The summed E-state index contributed by atoms with van der Waals surface area (Å²) in [7, 11) is 0. The molecule has 0 aliphatic carbocycles. The molecule has 19 heavy (non-hydrogen) atoms. The van der Waals surface area contributed by atoms with Gasteiger partial charge in [-0.05, 0) is 41.7 Å². The number of ether oxygens (including phenoxy) is 1. The molecule has 2 aromatic rings. The van der Waals surface area contributed by atoms with Crippen molar-refractivity contribution in [3.05, 3.63) is 60.2 Å². The smallest absolute Gasteiger partial charge is 0.127 e. The SMILES string of the molecule is CC(CBr)C(C)c1ccc(Oc2ccccc2)cc1. The highest BCUT2D eigenvalue weighted by Gasteiger charge is 2.13. The maximum Gasteiger partial charge on any atom is 0.127 e. The van der Waals surface area contributed by atoms with Crippen LogP contribution < -0.4 is 4.74 Å². The van der Waals surface area contributed by atoms with Crippen LogP contribution in [0.25, 0.3) is 0 Å². The van der Waals surface area contributed by atoms with Gasteiger partial charge in [0.15, 0.2) is 0 Å². The molecule has 0 bridgehead atoms. The predicted octanol–water partition coefficient (Wildman–Crippen LogP) is 5.61. The van der Waals surface area contributed by atoms with E-state index in [4.69, 9.17) is 4.74 Å². The van der Waals surface area contributed by atoms with Crippen molar-refractivity contribution < 1.29 is 4.74 Å². The minimum absolute atomic E-state index is 0.546. The van der Waals surface area contributed by atoms with E-state index in [0.717, 1.165) is 16.8 Å². The Labute approximate surface area is 123 Å². The molecule has 0 saturated heterocycles. The third-order valence-electron chi connectivity index (χ3n) is 3.48. The van der Waals surface area contributed by atoms with Gasteiger partial charge < -0.3 is 4.74 Å². The van der Waals surface area contributed by atoms with Gasteiger partial charge in [0.1, 0.15) is 11.5 Å². The fourth-order valence-electron chi connectivity index (χ4n) is 1.93. The molecule has 0 spiro atoms. The molecule has 0 N–H and O–H groups in total. The average molecular weight is 319 g/mol. The van der Waals surface area contributed by atoms with Crippen molar-refractivity contribution in [2.75, 3.05) is 5.33 Å². The maximum absolute atomic E-state index is 5.79. The van der Waals surface area contributed by atoms with Crippen molar-refractivity contribution in [2.24, 2.45) is 5.92 Å². The summed E-state index contributed by atoms with van der Waals surface area (Å²) in [6, 6.07) is 18.3. The van der Waals surface area contributed by atoms with Crippen LogP contribution in [0.2, 0.25) is 0 Å². The lowest BCUT2D eigenvalue weighted by molar-refractivity contribution is 0.481. The number of alkyl halides is 1. The van der Waals surface area contributed by atoms with Gasteiger partial charge in [-0.3, -0.25) is 0 Å². The molecule has 2 aromatic carbocycles. The summed E-state index contributed by atoms with van der Waals surface area (Å²) in [6.07, 6.45) is 0. The standard InChI is InChI=1S/C17H19BrO/c1-13(12-18)14(2)15-8-10-17(11-9-15)19-16-6-4-3-5-7-16/h3-11,13-14H,12H2,1-2H3. The van der Waals surface area contributed by atoms with E-state index in [-0.39, 0.29) is 0 Å². The first-order valence-corrected chi connectivity index (χ1v) is 7.71. The molecule has 1 nitrogen and oxygen atoms in total. The van der Waals surface area contributed by atoms with Gasteiger partial charge in [0, 0.05) is 5.33 Å². The van der Waals surface area contributed by atoms with Crippen LogP contribution in [0, 0.1) is 5.92 Å². The second-order valence-electron chi connectivity index (χ2n) is 4.90. The van der Waals surface area contributed by atoms with Crippen LogP contribution in [-0.2, 0) is 0 Å². The molecule has 2 rings (SSSR count). The monoisotopic (exact) mass is 318 g/mol. The Kier molecular flexibility index (Phi) is 5.03. The Morgan fingerprint density at radius 2 is 1.47 bits per heavy atom. The molecular weight excluding hydrogens is 300 g/mol. The summed E-state index contributed by atoms with van der Waals surface area (Å²) in [6.45, 7) is 4.52. The highest BCUT2D eigenvalue weighted by atomic mass is 79.9. The first kappa shape index (κ1) is 14.1. The van der Waals surface area contributed by atoms with Gasteiger partial charge >= 0.3 is 0 Å². The van der Waals surface area contributed by atoms with Gasteiger partial charge in [-0.2, -0.15) is 0 Å². The highest BCUT2D eigenvalue weighted by Crippen LogP contribution is 2.28. The molecule has 0 fully saturated rings. The summed E-state index contributed by atoms with van der Waals surface area (Å²) < 4.78 is 5.79. The summed E-state index contributed by atoms with van der Waals surface area (Å²) in [4.78, 5) is 0. The first-order valence-electron chi connectivity index (χ1n) is 6.59. The number of hydrogen-bond donors (Lipinski definition) is 0. The molecule has 0 aliphatic rings. The normalized spacial score (nSPS) is 13.8. The molecule has 0 saturated carbocycles. The Hall–Kier alpha value is -1.28. The van der Waals surface area contributed by atoms with Crippen LogP contribution in [0.15, 0.2) is 54.6 Å². The second-order valence-corrected chi connectivity index (χ2v) is 5.55. The van der Waals surface area contributed by atoms with E-state index in [2.05, 4.69) is 41.9 Å². The summed E-state index contributed by atoms with van der Waals surface area (Å²) >= 11 is 3.55. The van der Waals surface area contributed by atoms with E-state index in [9.17, 15) is 0 Å². The predicted molar refractivity (Wildman–Crippen MR) is 84.3 cm³/mol. The molecule has 2 unspecified atom stereocenters. The van der Waals surface area contributed by atoms with Crippen LogP contribution in [-0.4, -0.2) is 5.33 Å². The van der Waals surface area contributed by atoms with E-state index in [1.165, 1.54) is 5.56 Å². The van der Waals surface area contributed by atoms with Crippen molar-refractivity contribution in [3.63, 3.8) is 0 Å². The Morgan fingerprint density at radius 3 is 2.05 bits per heavy atom. The second kappa shape index (κ2) is 6.76. The zero-order chi connectivity index (χ0) is 13.7. The third-order valence-corrected chi connectivity index (χ3v) is 4.50. The molecule has 0 aliphatic heterocycles. The molecule has 100 valence electrons. The fourth-order valence-corrected chi connectivity index (χ4v) is 2.49. The van der Waals surface area contributed by atoms with Gasteiger partial charge in [-0.1, -0.05) is 60.1 Å². The molecule has 0 aromatic heterocycles. The van der Waals surface area contributed by atoms with Crippen molar-refractivity contribution in [3.8, 4) is 11.5 Å². The van der Waals surface area contributed by atoms with E-state index in [1.807, 2.05) is 42.5 Å². The molecular formula is C17H19BrO. The molecule has 2 atom stereocenters. The molecule has 0 heterocycles. The van der Waals surface area contributed by atoms with Gasteiger partial charge in [0.25, 0.3) is 0 Å². The van der Waals surface area contributed by atoms with Crippen LogP contribution >= 0.6 is 15.9 Å². The zero-order valence-corrected chi connectivity index (χ0v) is 12.9. The van der Waals surface area contributed by atoms with Crippen molar-refractivity contribution in [1.29, 1.82) is 0 Å². The van der Waals surface area contributed by atoms with Crippen LogP contribution in [0.1, 0.15) is 25.3 Å². The maximum atomic E-state index is 5.79. The third kappa shape index (κ3) is 3.84. The van der Waals surface area contributed by atoms with Gasteiger partial charge in [-0.25, -0.2) is 0 Å². The largest absolute Gasteiger partial charge is 0.457 e. The lowest BCUT2D eigenvalue weighted by atomic mass is 9.90. The summed E-state index contributed by atoms with van der Waals surface area (Å²) in [5.74, 6) is 2.93. The first-order chi connectivity index (χ1) is 9.20. The number of rotatable bonds is 5. The van der Waals surface area contributed by atoms with Crippen LogP contribution in [0.3, 0.4) is 0 Å². The van der Waals surface area contributed by atoms with Gasteiger partial charge in [-0.15, -0.1) is 0 Å². The number of hydrogen-bond acceptors (Lipinski definition) is 1. The van der Waals surface area contributed by atoms with Crippen molar-refractivity contribution in [1.82, 2.24) is 0 Å².